The Hall–Kier alpha value is -2.68. The molecule has 8 nitrogen and oxygen atoms in total. The van der Waals surface area contributed by atoms with Gasteiger partial charge in [-0.05, 0) is 31.2 Å². The van der Waals surface area contributed by atoms with Gasteiger partial charge in [-0.3, -0.25) is 4.79 Å². The number of nitrogens with zero attached hydrogens (tertiary/aromatic N) is 3. The molecule has 4 rings (SSSR count). The maximum atomic E-state index is 12.9. The molecule has 0 fully saturated rings. The average Bonchev–Trinajstić information content (AvgIpc) is 3.14. The largest absolute Gasteiger partial charge is 0.493 e. The van der Waals surface area contributed by atoms with Crippen LogP contribution >= 0.6 is 11.8 Å². The van der Waals surface area contributed by atoms with Crippen molar-refractivity contribution in [1.29, 1.82) is 0 Å². The van der Waals surface area contributed by atoms with Gasteiger partial charge in [-0.15, -0.1) is 5.10 Å². The molecular formula is C19H22N4O4S. The van der Waals surface area contributed by atoms with Crippen molar-refractivity contribution in [1.82, 2.24) is 14.8 Å². The minimum Gasteiger partial charge on any atom is -0.493 e. The highest BCUT2D eigenvalue weighted by Crippen LogP contribution is 2.48. The number of methoxy groups -OCH3 is 3. The summed E-state index contributed by atoms with van der Waals surface area (Å²) in [5.41, 5.74) is 2.40. The Balaban J connectivity index is 1.97. The number of ether oxygens (including phenoxy) is 3. The molecule has 0 amide bonds. The van der Waals surface area contributed by atoms with Crippen LogP contribution in [-0.2, 0) is 4.79 Å². The highest BCUT2D eigenvalue weighted by atomic mass is 32.2. The lowest BCUT2D eigenvalue weighted by molar-refractivity contribution is -0.116. The van der Waals surface area contributed by atoms with Gasteiger partial charge in [0.2, 0.25) is 16.9 Å². The van der Waals surface area contributed by atoms with E-state index in [4.69, 9.17) is 14.2 Å². The van der Waals surface area contributed by atoms with Crippen molar-refractivity contribution in [3.05, 3.63) is 29.0 Å². The number of anilines is 1. The van der Waals surface area contributed by atoms with Crippen molar-refractivity contribution < 1.29 is 19.0 Å². The number of Topliss-reactive ketones (excluding diaryl/α,β-unsaturated/α-hetero) is 1. The van der Waals surface area contributed by atoms with Gasteiger partial charge in [0.15, 0.2) is 17.3 Å². The Kier molecular flexibility index (Phi) is 4.92. The summed E-state index contributed by atoms with van der Waals surface area (Å²) in [6.45, 7) is 0. The van der Waals surface area contributed by atoms with Crippen LogP contribution in [0.2, 0.25) is 0 Å². The highest BCUT2D eigenvalue weighted by Gasteiger charge is 2.39. The fraction of sp³-hybridized carbons (Fsp3) is 0.421. The molecule has 1 unspecified atom stereocenters. The van der Waals surface area contributed by atoms with E-state index in [9.17, 15) is 4.79 Å². The zero-order chi connectivity index (χ0) is 19.8. The maximum absolute atomic E-state index is 12.9. The molecule has 1 aromatic carbocycles. The molecule has 1 N–H and O–H groups in total. The van der Waals surface area contributed by atoms with Crippen molar-refractivity contribution in [2.24, 2.45) is 0 Å². The van der Waals surface area contributed by atoms with Crippen LogP contribution in [0.1, 0.15) is 30.9 Å². The number of hydrogen-bond acceptors (Lipinski definition) is 8. The lowest BCUT2D eigenvalue weighted by Crippen LogP contribution is -2.31. The van der Waals surface area contributed by atoms with Gasteiger partial charge in [0.25, 0.3) is 0 Å². The van der Waals surface area contributed by atoms with Crippen LogP contribution in [0.25, 0.3) is 0 Å². The summed E-state index contributed by atoms with van der Waals surface area (Å²) in [5, 5.41) is 8.57. The van der Waals surface area contributed by atoms with Gasteiger partial charge in [0.05, 0.1) is 21.3 Å². The van der Waals surface area contributed by atoms with Crippen molar-refractivity contribution >= 4 is 23.5 Å². The molecule has 0 saturated heterocycles. The molecule has 2 aliphatic rings. The van der Waals surface area contributed by atoms with Gasteiger partial charge in [0, 0.05) is 23.3 Å². The molecule has 2 heterocycles. The zero-order valence-electron chi connectivity index (χ0n) is 16.2. The monoisotopic (exact) mass is 402 g/mol. The van der Waals surface area contributed by atoms with Crippen molar-refractivity contribution in [2.45, 2.75) is 30.5 Å². The number of nitrogens with one attached hydrogen (secondary N) is 1. The molecule has 0 bridgehead atoms. The van der Waals surface area contributed by atoms with E-state index in [2.05, 4.69) is 15.4 Å². The summed E-state index contributed by atoms with van der Waals surface area (Å²) in [6, 6.07) is 3.27. The van der Waals surface area contributed by atoms with Gasteiger partial charge < -0.3 is 19.5 Å². The minimum absolute atomic E-state index is 0.113. The summed E-state index contributed by atoms with van der Waals surface area (Å²) >= 11 is 1.45. The van der Waals surface area contributed by atoms with Crippen LogP contribution in [-0.4, -0.2) is 48.1 Å². The molecule has 0 saturated carbocycles. The SMILES string of the molecule is COc1ccc(C2C3=C(CCCC3=O)Nc3nc(SC)nn32)c(OC)c1OC. The number of fused-ring (bicyclic) bond motifs is 1. The van der Waals surface area contributed by atoms with Crippen LogP contribution in [0.3, 0.4) is 0 Å². The number of benzene rings is 1. The second-order valence-corrected chi connectivity index (χ2v) is 7.26. The second kappa shape index (κ2) is 7.38. The quantitative estimate of drug-likeness (QED) is 0.764. The molecule has 1 aliphatic heterocycles. The first-order chi connectivity index (χ1) is 13.6. The van der Waals surface area contributed by atoms with Gasteiger partial charge in [0.1, 0.15) is 6.04 Å². The molecule has 0 radical (unpaired) electrons. The Labute approximate surface area is 167 Å². The van der Waals surface area contributed by atoms with Gasteiger partial charge >= 0.3 is 0 Å². The van der Waals surface area contributed by atoms with E-state index in [1.54, 1.807) is 26.0 Å². The Morgan fingerprint density at radius 3 is 2.61 bits per heavy atom. The first kappa shape index (κ1) is 18.7. The normalized spacial score (nSPS) is 18.3. The molecule has 1 aliphatic carbocycles. The molecular weight excluding hydrogens is 380 g/mol. The van der Waals surface area contributed by atoms with Crippen LogP contribution in [0.5, 0.6) is 17.2 Å². The first-order valence-corrected chi connectivity index (χ1v) is 10.2. The topological polar surface area (TPSA) is 87.5 Å². The van der Waals surface area contributed by atoms with Crippen molar-refractivity contribution in [3.63, 3.8) is 0 Å². The predicted octanol–water partition coefficient (Wildman–Crippen LogP) is 3.05. The minimum atomic E-state index is -0.442. The van der Waals surface area contributed by atoms with Crippen LogP contribution in [0, 0.1) is 0 Å². The van der Waals surface area contributed by atoms with Gasteiger partial charge in [-0.1, -0.05) is 11.8 Å². The number of thioether (sulfide) groups is 1. The summed E-state index contributed by atoms with van der Waals surface area (Å²) in [4.78, 5) is 17.5. The van der Waals surface area contributed by atoms with Gasteiger partial charge in [-0.2, -0.15) is 4.98 Å². The molecule has 9 heteroatoms. The van der Waals surface area contributed by atoms with Crippen LogP contribution in [0.4, 0.5) is 5.95 Å². The molecule has 148 valence electrons. The molecule has 1 atom stereocenters. The summed E-state index contributed by atoms with van der Waals surface area (Å²) in [7, 11) is 4.72. The highest BCUT2D eigenvalue weighted by molar-refractivity contribution is 7.98. The summed E-state index contributed by atoms with van der Waals surface area (Å²) in [5.74, 6) is 2.30. The third-order valence-electron chi connectivity index (χ3n) is 5.06. The Bertz CT molecular complexity index is 969. The summed E-state index contributed by atoms with van der Waals surface area (Å²) < 4.78 is 18.4. The van der Waals surface area contributed by atoms with E-state index in [0.717, 1.165) is 24.1 Å². The van der Waals surface area contributed by atoms with E-state index in [1.807, 2.05) is 18.4 Å². The van der Waals surface area contributed by atoms with E-state index < -0.39 is 6.04 Å². The van der Waals surface area contributed by atoms with Crippen LogP contribution in [0.15, 0.2) is 28.6 Å². The maximum Gasteiger partial charge on any atom is 0.227 e. The average molecular weight is 402 g/mol. The number of aromatic nitrogens is 3. The number of rotatable bonds is 5. The standard InChI is InChI=1S/C19H22N4O4S/c1-25-13-9-8-10(16(26-2)17(13)27-3)15-14-11(6-5-7-12(14)24)20-18-21-19(28-4)22-23(15)18/h8-9,15H,5-7H2,1-4H3,(H,20,21,22). The first-order valence-electron chi connectivity index (χ1n) is 8.95. The Morgan fingerprint density at radius 1 is 1.14 bits per heavy atom. The fourth-order valence-corrected chi connectivity index (χ4v) is 4.20. The Morgan fingerprint density at radius 2 is 1.93 bits per heavy atom. The zero-order valence-corrected chi connectivity index (χ0v) is 17.1. The summed E-state index contributed by atoms with van der Waals surface area (Å²) in [6.07, 6.45) is 4.07. The van der Waals surface area contributed by atoms with Crippen LogP contribution < -0.4 is 19.5 Å². The van der Waals surface area contributed by atoms with E-state index in [1.165, 1.54) is 11.8 Å². The van der Waals surface area contributed by atoms with Gasteiger partial charge in [-0.25, -0.2) is 4.68 Å². The predicted molar refractivity (Wildman–Crippen MR) is 106 cm³/mol. The van der Waals surface area contributed by atoms with Crippen molar-refractivity contribution in [3.8, 4) is 17.2 Å². The molecule has 1 aromatic heterocycles. The smallest absolute Gasteiger partial charge is 0.227 e. The molecule has 0 spiro atoms. The van der Waals surface area contributed by atoms with Crippen molar-refractivity contribution in [2.75, 3.05) is 32.9 Å². The second-order valence-electron chi connectivity index (χ2n) is 6.49. The number of hydrogen-bond donors (Lipinski definition) is 1. The van der Waals surface area contributed by atoms with E-state index in [0.29, 0.717) is 40.3 Å². The third-order valence-corrected chi connectivity index (χ3v) is 5.60. The number of ketones is 1. The lowest BCUT2D eigenvalue weighted by atomic mass is 9.85. The molecule has 28 heavy (non-hydrogen) atoms. The number of carbonyl (C=O) groups is 1. The fourth-order valence-electron chi connectivity index (χ4n) is 3.85. The lowest BCUT2D eigenvalue weighted by Gasteiger charge is -2.33. The molecule has 2 aromatic rings. The number of carbonyl (C=O) groups excluding carboxylic acids is 1. The third kappa shape index (κ3) is 2.81. The van der Waals surface area contributed by atoms with E-state index in [-0.39, 0.29) is 5.78 Å². The number of allylic oxidation sites excluding steroid dienone is 2. The van der Waals surface area contributed by atoms with E-state index >= 15 is 0 Å².